The van der Waals surface area contributed by atoms with Crippen molar-refractivity contribution in [3.63, 3.8) is 0 Å². The topological polar surface area (TPSA) is 24.1 Å². The lowest BCUT2D eigenvalue weighted by molar-refractivity contribution is 0.465. The predicted octanol–water partition coefficient (Wildman–Crippen LogP) is 2.26. The van der Waals surface area contributed by atoms with E-state index in [0.29, 0.717) is 18.4 Å². The molecular formula is C14H21FN2. The molecule has 1 aromatic rings. The van der Waals surface area contributed by atoms with Gasteiger partial charge in [0, 0.05) is 31.1 Å². The first-order chi connectivity index (χ1) is 8.18. The lowest BCUT2D eigenvalue weighted by Crippen LogP contribution is -2.35. The van der Waals surface area contributed by atoms with Gasteiger partial charge in [0.2, 0.25) is 0 Å². The van der Waals surface area contributed by atoms with E-state index >= 15 is 0 Å². The van der Waals surface area contributed by atoms with E-state index in [-0.39, 0.29) is 5.82 Å². The van der Waals surface area contributed by atoms with Gasteiger partial charge in [-0.1, -0.05) is 26.0 Å². The van der Waals surface area contributed by atoms with E-state index in [0.717, 1.165) is 25.2 Å². The Balaban J connectivity index is 2.04. The van der Waals surface area contributed by atoms with Crippen molar-refractivity contribution in [2.24, 2.45) is 5.92 Å². The highest BCUT2D eigenvalue weighted by atomic mass is 19.1. The summed E-state index contributed by atoms with van der Waals surface area (Å²) in [7, 11) is 0. The number of fused-ring (bicyclic) bond motifs is 1. The van der Waals surface area contributed by atoms with E-state index in [1.807, 2.05) is 6.07 Å². The second-order valence-electron chi connectivity index (χ2n) is 5.19. The molecule has 1 aliphatic heterocycles. The lowest BCUT2D eigenvalue weighted by Gasteiger charge is -2.27. The van der Waals surface area contributed by atoms with E-state index in [1.165, 1.54) is 5.56 Å². The van der Waals surface area contributed by atoms with E-state index in [1.54, 1.807) is 6.07 Å². The maximum atomic E-state index is 13.6. The SMILES string of the molecule is CC(C)CNCC1CNCc2c(F)cccc21. The van der Waals surface area contributed by atoms with Crippen LogP contribution < -0.4 is 10.6 Å². The lowest BCUT2D eigenvalue weighted by atomic mass is 9.90. The summed E-state index contributed by atoms with van der Waals surface area (Å²) >= 11 is 0. The highest BCUT2D eigenvalue weighted by Crippen LogP contribution is 2.25. The molecular weight excluding hydrogens is 215 g/mol. The molecule has 1 unspecified atom stereocenters. The van der Waals surface area contributed by atoms with Crippen molar-refractivity contribution in [2.45, 2.75) is 26.3 Å². The van der Waals surface area contributed by atoms with Gasteiger partial charge in [-0.2, -0.15) is 0 Å². The molecule has 94 valence electrons. The molecule has 1 aliphatic rings. The number of nitrogens with one attached hydrogen (secondary N) is 2. The molecule has 1 atom stereocenters. The van der Waals surface area contributed by atoms with Crippen molar-refractivity contribution in [1.82, 2.24) is 10.6 Å². The van der Waals surface area contributed by atoms with Gasteiger partial charge in [-0.15, -0.1) is 0 Å². The quantitative estimate of drug-likeness (QED) is 0.838. The number of hydrogen-bond acceptors (Lipinski definition) is 2. The molecule has 2 rings (SSSR count). The van der Waals surface area contributed by atoms with Gasteiger partial charge in [0.25, 0.3) is 0 Å². The van der Waals surface area contributed by atoms with Crippen LogP contribution in [-0.2, 0) is 6.54 Å². The highest BCUT2D eigenvalue weighted by molar-refractivity contribution is 5.34. The molecule has 0 saturated carbocycles. The molecule has 0 saturated heterocycles. The van der Waals surface area contributed by atoms with Gasteiger partial charge in [0.05, 0.1) is 0 Å². The maximum absolute atomic E-state index is 13.6. The summed E-state index contributed by atoms with van der Waals surface area (Å²) in [5.74, 6) is 0.954. The van der Waals surface area contributed by atoms with Gasteiger partial charge in [0.15, 0.2) is 0 Å². The molecule has 2 N–H and O–H groups in total. The minimum atomic E-state index is -0.0800. The number of halogens is 1. The van der Waals surface area contributed by atoms with E-state index in [9.17, 15) is 4.39 Å². The first kappa shape index (κ1) is 12.5. The first-order valence-electron chi connectivity index (χ1n) is 6.37. The van der Waals surface area contributed by atoms with Gasteiger partial charge in [0.1, 0.15) is 5.82 Å². The fourth-order valence-corrected chi connectivity index (χ4v) is 2.35. The van der Waals surface area contributed by atoms with Crippen molar-refractivity contribution in [1.29, 1.82) is 0 Å². The van der Waals surface area contributed by atoms with Crippen LogP contribution in [0, 0.1) is 11.7 Å². The normalized spacial score (nSPS) is 19.4. The van der Waals surface area contributed by atoms with Gasteiger partial charge < -0.3 is 10.6 Å². The summed E-state index contributed by atoms with van der Waals surface area (Å²) in [5.41, 5.74) is 2.01. The van der Waals surface area contributed by atoms with Crippen molar-refractivity contribution in [3.05, 3.63) is 35.1 Å². The summed E-state index contributed by atoms with van der Waals surface area (Å²) in [6, 6.07) is 5.42. The Hall–Kier alpha value is -0.930. The number of hydrogen-bond donors (Lipinski definition) is 2. The van der Waals surface area contributed by atoms with Crippen molar-refractivity contribution < 1.29 is 4.39 Å². The Labute approximate surface area is 103 Å². The predicted molar refractivity (Wildman–Crippen MR) is 68.6 cm³/mol. The van der Waals surface area contributed by atoms with E-state index in [2.05, 4.69) is 30.5 Å². The summed E-state index contributed by atoms with van der Waals surface area (Å²) in [6.45, 7) is 7.91. The van der Waals surface area contributed by atoms with Crippen LogP contribution in [0.25, 0.3) is 0 Å². The second-order valence-corrected chi connectivity index (χ2v) is 5.19. The standard InChI is InChI=1S/C14H21FN2/c1-10(2)6-16-7-11-8-17-9-13-12(11)4-3-5-14(13)15/h3-5,10-11,16-17H,6-9H2,1-2H3. The fraction of sp³-hybridized carbons (Fsp3) is 0.571. The number of rotatable bonds is 4. The Morgan fingerprint density at radius 3 is 3.06 bits per heavy atom. The highest BCUT2D eigenvalue weighted by Gasteiger charge is 2.21. The van der Waals surface area contributed by atoms with Crippen LogP contribution in [0.5, 0.6) is 0 Å². The second kappa shape index (κ2) is 5.61. The van der Waals surface area contributed by atoms with Crippen LogP contribution in [0.3, 0.4) is 0 Å². The zero-order valence-corrected chi connectivity index (χ0v) is 10.6. The van der Waals surface area contributed by atoms with E-state index in [4.69, 9.17) is 0 Å². The third-order valence-corrected chi connectivity index (χ3v) is 3.23. The zero-order chi connectivity index (χ0) is 12.3. The van der Waals surface area contributed by atoms with Crippen molar-refractivity contribution >= 4 is 0 Å². The minimum Gasteiger partial charge on any atom is -0.316 e. The van der Waals surface area contributed by atoms with E-state index < -0.39 is 0 Å². The molecule has 1 aromatic carbocycles. The Bertz CT molecular complexity index is 376. The van der Waals surface area contributed by atoms with Gasteiger partial charge in [-0.3, -0.25) is 0 Å². The third-order valence-electron chi connectivity index (χ3n) is 3.23. The average Bonchev–Trinajstić information content (AvgIpc) is 2.30. The number of benzene rings is 1. The zero-order valence-electron chi connectivity index (χ0n) is 10.6. The Morgan fingerprint density at radius 2 is 2.29 bits per heavy atom. The Morgan fingerprint density at radius 1 is 1.47 bits per heavy atom. The van der Waals surface area contributed by atoms with Crippen molar-refractivity contribution in [3.8, 4) is 0 Å². The van der Waals surface area contributed by atoms with Gasteiger partial charge in [-0.25, -0.2) is 4.39 Å². The summed E-state index contributed by atoms with van der Waals surface area (Å²) in [5, 5.41) is 6.74. The van der Waals surface area contributed by atoms with Crippen LogP contribution in [-0.4, -0.2) is 19.6 Å². The maximum Gasteiger partial charge on any atom is 0.127 e. The smallest absolute Gasteiger partial charge is 0.127 e. The van der Waals surface area contributed by atoms with Crippen LogP contribution in [0.4, 0.5) is 4.39 Å². The van der Waals surface area contributed by atoms with Gasteiger partial charge >= 0.3 is 0 Å². The molecule has 0 aromatic heterocycles. The van der Waals surface area contributed by atoms with Crippen molar-refractivity contribution in [2.75, 3.05) is 19.6 Å². The molecule has 0 spiro atoms. The molecule has 0 radical (unpaired) electrons. The van der Waals surface area contributed by atoms with Crippen LogP contribution in [0.2, 0.25) is 0 Å². The Kier molecular flexibility index (Phi) is 4.13. The van der Waals surface area contributed by atoms with Crippen LogP contribution in [0.15, 0.2) is 18.2 Å². The molecule has 0 aliphatic carbocycles. The average molecular weight is 236 g/mol. The molecule has 3 heteroatoms. The molecule has 0 amide bonds. The first-order valence-corrected chi connectivity index (χ1v) is 6.37. The molecule has 2 nitrogen and oxygen atoms in total. The molecule has 1 heterocycles. The largest absolute Gasteiger partial charge is 0.316 e. The monoisotopic (exact) mass is 236 g/mol. The summed E-state index contributed by atoms with van der Waals surface area (Å²) in [6.07, 6.45) is 0. The third kappa shape index (κ3) is 3.05. The summed E-state index contributed by atoms with van der Waals surface area (Å²) in [4.78, 5) is 0. The van der Waals surface area contributed by atoms with Crippen LogP contribution >= 0.6 is 0 Å². The molecule has 17 heavy (non-hydrogen) atoms. The molecule has 0 fully saturated rings. The summed E-state index contributed by atoms with van der Waals surface area (Å²) < 4.78 is 13.6. The fourth-order valence-electron chi connectivity index (χ4n) is 2.35. The van der Waals surface area contributed by atoms with Crippen LogP contribution in [0.1, 0.15) is 30.9 Å². The van der Waals surface area contributed by atoms with Gasteiger partial charge in [-0.05, 0) is 24.1 Å². The minimum absolute atomic E-state index is 0.0800. The molecule has 0 bridgehead atoms.